The molecule has 0 unspecified atom stereocenters. The van der Waals surface area contributed by atoms with Crippen LogP contribution in [0.1, 0.15) is 18.1 Å². The number of halogens is 2. The van der Waals surface area contributed by atoms with Gasteiger partial charge in [0.25, 0.3) is 0 Å². The van der Waals surface area contributed by atoms with Gasteiger partial charge in [-0.3, -0.25) is 0 Å². The summed E-state index contributed by atoms with van der Waals surface area (Å²) in [6.45, 7) is 3.13. The molecule has 1 aromatic heterocycles. The second-order valence-electron chi connectivity index (χ2n) is 3.85. The molecule has 0 aliphatic heterocycles. The standard InChI is InChI=1S/C15H15ClN.HI/c1-2-17-11-9-14(10-12-17)4-3-13-5-7-15(16)8-6-13;/h3-12H,2H2,1H3;1H/q+1;/p-1. The number of aromatic nitrogens is 1. The van der Waals surface area contributed by atoms with Gasteiger partial charge >= 0.3 is 0 Å². The molecule has 94 valence electrons. The van der Waals surface area contributed by atoms with Gasteiger partial charge in [-0.1, -0.05) is 35.9 Å². The molecule has 0 saturated carbocycles. The molecule has 0 amide bonds. The molecule has 0 N–H and O–H groups in total. The van der Waals surface area contributed by atoms with Crippen molar-refractivity contribution in [2.45, 2.75) is 13.5 Å². The predicted octanol–water partition coefficient (Wildman–Crippen LogP) is 0.822. The van der Waals surface area contributed by atoms with Gasteiger partial charge < -0.3 is 24.0 Å². The average molecular weight is 372 g/mol. The third-order valence-corrected chi connectivity index (χ3v) is 2.87. The zero-order valence-electron chi connectivity index (χ0n) is 10.2. The van der Waals surface area contributed by atoms with Crippen molar-refractivity contribution in [3.05, 3.63) is 64.9 Å². The number of rotatable bonds is 3. The molecule has 0 aliphatic carbocycles. The lowest BCUT2D eigenvalue weighted by Crippen LogP contribution is -3.00. The van der Waals surface area contributed by atoms with E-state index in [0.717, 1.165) is 17.1 Å². The zero-order valence-corrected chi connectivity index (χ0v) is 13.1. The Labute approximate surface area is 130 Å². The molecule has 0 spiro atoms. The van der Waals surface area contributed by atoms with E-state index in [1.165, 1.54) is 5.56 Å². The Bertz CT molecular complexity index is 503. The van der Waals surface area contributed by atoms with Crippen LogP contribution >= 0.6 is 11.6 Å². The van der Waals surface area contributed by atoms with Crippen molar-refractivity contribution in [2.24, 2.45) is 0 Å². The maximum absolute atomic E-state index is 5.84. The van der Waals surface area contributed by atoms with Crippen LogP contribution in [0.5, 0.6) is 0 Å². The first-order chi connectivity index (χ1) is 8.28. The Morgan fingerprint density at radius 3 is 1.94 bits per heavy atom. The molecule has 2 aromatic rings. The molecule has 0 atom stereocenters. The molecule has 3 heteroatoms. The lowest BCUT2D eigenvalue weighted by atomic mass is 10.1. The fraction of sp³-hybridized carbons (Fsp3) is 0.133. The third kappa shape index (κ3) is 4.42. The van der Waals surface area contributed by atoms with Crippen LogP contribution in [0, 0.1) is 0 Å². The van der Waals surface area contributed by atoms with Crippen molar-refractivity contribution in [1.82, 2.24) is 0 Å². The van der Waals surface area contributed by atoms with E-state index in [9.17, 15) is 0 Å². The van der Waals surface area contributed by atoms with E-state index in [0.29, 0.717) is 0 Å². The van der Waals surface area contributed by atoms with Crippen molar-refractivity contribution >= 4 is 23.8 Å². The van der Waals surface area contributed by atoms with Crippen molar-refractivity contribution in [2.75, 3.05) is 0 Å². The van der Waals surface area contributed by atoms with Gasteiger partial charge in [0.1, 0.15) is 6.54 Å². The van der Waals surface area contributed by atoms with Crippen LogP contribution in [0.25, 0.3) is 12.2 Å². The summed E-state index contributed by atoms with van der Waals surface area (Å²) in [7, 11) is 0. The molecule has 0 aliphatic rings. The van der Waals surface area contributed by atoms with Crippen molar-refractivity contribution < 1.29 is 28.5 Å². The van der Waals surface area contributed by atoms with E-state index in [4.69, 9.17) is 11.6 Å². The Kier molecular flexibility index (Phi) is 6.36. The van der Waals surface area contributed by atoms with Gasteiger partial charge in [-0.25, -0.2) is 4.57 Å². The highest BCUT2D eigenvalue weighted by molar-refractivity contribution is 6.30. The van der Waals surface area contributed by atoms with Gasteiger partial charge in [0.15, 0.2) is 12.4 Å². The Morgan fingerprint density at radius 2 is 1.44 bits per heavy atom. The Hall–Kier alpha value is -0.870. The summed E-state index contributed by atoms with van der Waals surface area (Å²) in [6, 6.07) is 12.0. The molecule has 0 bridgehead atoms. The number of nitrogens with zero attached hydrogens (tertiary/aromatic N) is 1. The molecule has 0 fully saturated rings. The van der Waals surface area contributed by atoms with E-state index in [1.807, 2.05) is 24.3 Å². The van der Waals surface area contributed by atoms with Crippen LogP contribution < -0.4 is 28.5 Å². The van der Waals surface area contributed by atoms with Crippen molar-refractivity contribution in [1.29, 1.82) is 0 Å². The van der Waals surface area contributed by atoms with Crippen LogP contribution in [-0.4, -0.2) is 0 Å². The second kappa shape index (κ2) is 7.54. The summed E-state index contributed by atoms with van der Waals surface area (Å²) in [6.07, 6.45) is 8.36. The largest absolute Gasteiger partial charge is 1.00 e. The number of pyridine rings is 1. The van der Waals surface area contributed by atoms with Gasteiger partial charge in [0.2, 0.25) is 0 Å². The fourth-order valence-corrected chi connectivity index (χ4v) is 1.68. The van der Waals surface area contributed by atoms with Crippen LogP contribution in [0.2, 0.25) is 5.02 Å². The number of benzene rings is 1. The maximum atomic E-state index is 5.84. The molecular weight excluding hydrogens is 357 g/mol. The number of hydrogen-bond donors (Lipinski definition) is 0. The highest BCUT2D eigenvalue weighted by atomic mass is 127. The van der Waals surface area contributed by atoms with E-state index in [2.05, 4.69) is 48.2 Å². The highest BCUT2D eigenvalue weighted by Gasteiger charge is 1.94. The first kappa shape index (κ1) is 15.2. The van der Waals surface area contributed by atoms with E-state index in [1.54, 1.807) is 0 Å². The first-order valence-corrected chi connectivity index (χ1v) is 6.08. The van der Waals surface area contributed by atoms with Crippen LogP contribution in [0.15, 0.2) is 48.8 Å². The molecule has 2 rings (SSSR count). The minimum atomic E-state index is 0. The van der Waals surface area contributed by atoms with E-state index < -0.39 is 0 Å². The zero-order chi connectivity index (χ0) is 12.1. The average Bonchev–Trinajstić information content (AvgIpc) is 2.39. The lowest BCUT2D eigenvalue weighted by Gasteiger charge is -1.95. The van der Waals surface area contributed by atoms with Gasteiger partial charge in [-0.05, 0) is 30.2 Å². The lowest BCUT2D eigenvalue weighted by molar-refractivity contribution is -0.693. The quantitative estimate of drug-likeness (QED) is 0.556. The van der Waals surface area contributed by atoms with Crippen molar-refractivity contribution in [3.63, 3.8) is 0 Å². The summed E-state index contributed by atoms with van der Waals surface area (Å²) < 4.78 is 2.14. The molecular formula is C15H15ClIN. The smallest absolute Gasteiger partial charge is 0.169 e. The molecule has 1 nitrogen and oxygen atoms in total. The SMILES string of the molecule is CC[n+]1ccc(C=Cc2ccc(Cl)cc2)cc1.[I-]. The van der Waals surface area contributed by atoms with Crippen LogP contribution in [0.4, 0.5) is 0 Å². The molecule has 18 heavy (non-hydrogen) atoms. The molecule has 1 aromatic carbocycles. The van der Waals surface area contributed by atoms with Gasteiger partial charge in [-0.2, -0.15) is 0 Å². The maximum Gasteiger partial charge on any atom is 0.169 e. The Balaban J connectivity index is 0.00000162. The van der Waals surface area contributed by atoms with Crippen LogP contribution in [0.3, 0.4) is 0 Å². The summed E-state index contributed by atoms with van der Waals surface area (Å²) in [5, 5.41) is 0.769. The van der Waals surface area contributed by atoms with Crippen LogP contribution in [-0.2, 0) is 6.54 Å². The molecule has 0 radical (unpaired) electrons. The minimum Gasteiger partial charge on any atom is -1.00 e. The summed E-state index contributed by atoms with van der Waals surface area (Å²) in [4.78, 5) is 0. The third-order valence-electron chi connectivity index (χ3n) is 2.62. The Morgan fingerprint density at radius 1 is 0.944 bits per heavy atom. The summed E-state index contributed by atoms with van der Waals surface area (Å²) in [5.74, 6) is 0. The predicted molar refractivity (Wildman–Crippen MR) is 72.7 cm³/mol. The monoisotopic (exact) mass is 371 g/mol. The molecule has 0 saturated heterocycles. The number of aryl methyl sites for hydroxylation is 1. The highest BCUT2D eigenvalue weighted by Crippen LogP contribution is 2.12. The summed E-state index contributed by atoms with van der Waals surface area (Å²) in [5.41, 5.74) is 2.35. The van der Waals surface area contributed by atoms with E-state index >= 15 is 0 Å². The van der Waals surface area contributed by atoms with Gasteiger partial charge in [0, 0.05) is 17.2 Å². The normalized spacial score (nSPS) is 10.3. The fourth-order valence-electron chi connectivity index (χ4n) is 1.56. The van der Waals surface area contributed by atoms with E-state index in [-0.39, 0.29) is 24.0 Å². The topological polar surface area (TPSA) is 3.88 Å². The number of hydrogen-bond acceptors (Lipinski definition) is 0. The second-order valence-corrected chi connectivity index (χ2v) is 4.28. The molecule has 1 heterocycles. The summed E-state index contributed by atoms with van der Waals surface area (Å²) >= 11 is 5.84. The van der Waals surface area contributed by atoms with Crippen molar-refractivity contribution in [3.8, 4) is 0 Å². The first-order valence-electron chi connectivity index (χ1n) is 5.70. The minimum absolute atomic E-state index is 0. The van der Waals surface area contributed by atoms with Gasteiger partial charge in [0.05, 0.1) is 0 Å². The van der Waals surface area contributed by atoms with Gasteiger partial charge in [-0.15, -0.1) is 0 Å².